The summed E-state index contributed by atoms with van der Waals surface area (Å²) in [5.74, 6) is 0.753. The zero-order valence-corrected chi connectivity index (χ0v) is 17.8. The number of halogens is 5. The number of ether oxygens (including phenoxy) is 2. The molecule has 0 aromatic rings. The quantitative estimate of drug-likeness (QED) is 0.231. The summed E-state index contributed by atoms with van der Waals surface area (Å²) in [6.07, 6.45) is 6.85. The Morgan fingerprint density at radius 2 is 1.90 bits per heavy atom. The summed E-state index contributed by atoms with van der Waals surface area (Å²) in [7, 11) is 2.75. The Balaban J connectivity index is 3.71. The smallest absolute Gasteiger partial charge is 0.233 e. The second-order valence-electron chi connectivity index (χ2n) is 4.33. The van der Waals surface area contributed by atoms with Crippen LogP contribution in [0.2, 0.25) is 0 Å². The van der Waals surface area contributed by atoms with E-state index >= 15 is 0 Å². The maximum atomic E-state index is 11.0. The zero-order chi connectivity index (χ0) is 16.5. The lowest BCUT2D eigenvalue weighted by molar-refractivity contribution is -0.203. The van der Waals surface area contributed by atoms with Crippen LogP contribution in [0.4, 0.5) is 0 Å². The number of rotatable bonds is 5. The molecular weight excluding hydrogens is 564 g/mol. The molecule has 0 amide bonds. The molecule has 0 aromatic heterocycles. The molecule has 0 spiro atoms. The average Bonchev–Trinajstić information content (AvgIpc) is 2.57. The number of aliphatic hydroxyl groups is 1. The Kier molecular flexibility index (Phi) is 7.18. The third-order valence-electron chi connectivity index (χ3n) is 3.34. The maximum Gasteiger partial charge on any atom is 0.233 e. The van der Waals surface area contributed by atoms with Crippen molar-refractivity contribution in [1.29, 1.82) is 0 Å². The number of terminal acetylenes is 1. The number of alkyl halides is 2. The molecule has 1 rings (SSSR count). The highest BCUT2D eigenvalue weighted by atomic mass is 127. The van der Waals surface area contributed by atoms with E-state index in [2.05, 4.69) is 51.1 Å². The van der Waals surface area contributed by atoms with Crippen molar-refractivity contribution >= 4 is 80.0 Å². The molecule has 0 aliphatic heterocycles. The van der Waals surface area contributed by atoms with Crippen molar-refractivity contribution in [3.63, 3.8) is 0 Å². The van der Waals surface area contributed by atoms with Crippen LogP contribution in [0.3, 0.4) is 0 Å². The Morgan fingerprint density at radius 1 is 1.38 bits per heavy atom. The number of hydrogen-bond donors (Lipinski definition) is 1. The van der Waals surface area contributed by atoms with Crippen molar-refractivity contribution in [2.24, 2.45) is 0 Å². The fourth-order valence-electron chi connectivity index (χ4n) is 2.30. The number of allylic oxidation sites excluding steroid dienone is 1. The van der Waals surface area contributed by atoms with Gasteiger partial charge in [-0.15, -0.1) is 23.9 Å². The summed E-state index contributed by atoms with van der Waals surface area (Å²) in [6.45, 7) is 0. The molecule has 1 aliphatic rings. The summed E-state index contributed by atoms with van der Waals surface area (Å²) < 4.78 is 12.4. The summed E-state index contributed by atoms with van der Waals surface area (Å²) >= 11 is 23.5. The lowest BCUT2D eigenvalue weighted by Gasteiger charge is -2.44. The van der Waals surface area contributed by atoms with E-state index < -0.39 is 16.3 Å². The van der Waals surface area contributed by atoms with E-state index in [1.807, 2.05) is 0 Å². The van der Waals surface area contributed by atoms with Gasteiger partial charge in [0.1, 0.15) is 5.60 Å². The fraction of sp³-hybridized carbons (Fsp3) is 0.538. The molecule has 8 heteroatoms. The Labute approximate surface area is 166 Å². The third kappa shape index (κ3) is 2.88. The van der Waals surface area contributed by atoms with Crippen molar-refractivity contribution in [3.8, 4) is 12.3 Å². The molecule has 0 fully saturated rings. The molecule has 0 bridgehead atoms. The van der Waals surface area contributed by atoms with Crippen LogP contribution < -0.4 is 0 Å². The van der Waals surface area contributed by atoms with Gasteiger partial charge in [-0.2, -0.15) is 0 Å². The lowest BCUT2D eigenvalue weighted by atomic mass is 9.83. The second-order valence-corrected chi connectivity index (χ2v) is 7.83. The van der Waals surface area contributed by atoms with Crippen LogP contribution in [0, 0.1) is 12.3 Å². The van der Waals surface area contributed by atoms with E-state index in [9.17, 15) is 5.11 Å². The van der Waals surface area contributed by atoms with E-state index in [4.69, 9.17) is 50.7 Å². The van der Waals surface area contributed by atoms with Crippen molar-refractivity contribution in [3.05, 3.63) is 19.7 Å². The van der Waals surface area contributed by atoms with E-state index in [0.29, 0.717) is 4.43 Å². The van der Waals surface area contributed by atoms with Crippen molar-refractivity contribution < 1.29 is 14.6 Å². The van der Waals surface area contributed by atoms with Gasteiger partial charge in [-0.1, -0.05) is 45.8 Å². The van der Waals surface area contributed by atoms with E-state index in [1.54, 1.807) is 6.08 Å². The SMILES string of the molecule is C#CC[C@]1(O)C(Cl)=C(Cl)C(OC)(OC)[C@]1(Cl)/C=C(\I)CI. The maximum absolute atomic E-state index is 11.0. The minimum atomic E-state index is -1.80. The highest BCUT2D eigenvalue weighted by Gasteiger charge is 2.71. The molecule has 118 valence electrons. The van der Waals surface area contributed by atoms with Gasteiger partial charge >= 0.3 is 0 Å². The normalized spacial score (nSPS) is 32.4. The van der Waals surface area contributed by atoms with Gasteiger partial charge in [0, 0.05) is 25.1 Å². The Bertz CT molecular complexity index is 525. The summed E-state index contributed by atoms with van der Waals surface area (Å²) in [6, 6.07) is 0. The number of hydrogen-bond acceptors (Lipinski definition) is 3. The monoisotopic (exact) mass is 576 g/mol. The van der Waals surface area contributed by atoms with Crippen LogP contribution in [0.25, 0.3) is 0 Å². The Hall–Kier alpha value is 1.25. The van der Waals surface area contributed by atoms with Gasteiger partial charge in [0.15, 0.2) is 4.87 Å². The summed E-state index contributed by atoms with van der Waals surface area (Å²) in [4.78, 5) is -1.59. The first-order valence-corrected chi connectivity index (χ1v) is 9.39. The molecule has 3 nitrogen and oxygen atoms in total. The van der Waals surface area contributed by atoms with Gasteiger partial charge in [0.2, 0.25) is 5.79 Å². The van der Waals surface area contributed by atoms with Crippen LogP contribution in [-0.2, 0) is 9.47 Å². The molecule has 0 aromatic carbocycles. The summed E-state index contributed by atoms with van der Waals surface area (Å²) in [5.41, 5.74) is -1.80. The molecule has 0 saturated carbocycles. The zero-order valence-electron chi connectivity index (χ0n) is 11.2. The van der Waals surface area contributed by atoms with Gasteiger partial charge in [-0.25, -0.2) is 0 Å². The molecule has 21 heavy (non-hydrogen) atoms. The largest absolute Gasteiger partial charge is 0.381 e. The van der Waals surface area contributed by atoms with Crippen LogP contribution in [0.1, 0.15) is 6.42 Å². The predicted octanol–water partition coefficient (Wildman–Crippen LogP) is 4.16. The minimum absolute atomic E-state index is 0.0178. The predicted molar refractivity (Wildman–Crippen MR) is 103 cm³/mol. The molecular formula is C13H13Cl3I2O3. The first kappa shape index (κ1) is 20.3. The van der Waals surface area contributed by atoms with Crippen LogP contribution >= 0.6 is 80.0 Å². The topological polar surface area (TPSA) is 38.7 Å². The van der Waals surface area contributed by atoms with Gasteiger partial charge < -0.3 is 14.6 Å². The van der Waals surface area contributed by atoms with Crippen molar-refractivity contribution in [2.45, 2.75) is 22.7 Å². The van der Waals surface area contributed by atoms with Gasteiger partial charge in [0.25, 0.3) is 0 Å². The summed E-state index contributed by atoms with van der Waals surface area (Å²) in [5, 5.41) is 10.9. The minimum Gasteiger partial charge on any atom is -0.381 e. The molecule has 0 heterocycles. The van der Waals surface area contributed by atoms with Crippen LogP contribution in [0.5, 0.6) is 0 Å². The molecule has 0 saturated heterocycles. The highest BCUT2D eigenvalue weighted by Crippen LogP contribution is 2.60. The van der Waals surface area contributed by atoms with E-state index in [-0.39, 0.29) is 16.5 Å². The van der Waals surface area contributed by atoms with Gasteiger partial charge in [-0.3, -0.25) is 0 Å². The first-order valence-electron chi connectivity index (χ1n) is 5.65. The molecule has 1 N–H and O–H groups in total. The first-order chi connectivity index (χ1) is 9.70. The van der Waals surface area contributed by atoms with Crippen LogP contribution in [-0.4, -0.2) is 40.0 Å². The molecule has 0 radical (unpaired) electrons. The third-order valence-corrected chi connectivity index (χ3v) is 8.02. The molecule has 0 unspecified atom stereocenters. The molecule has 2 atom stereocenters. The highest BCUT2D eigenvalue weighted by molar-refractivity contribution is 14.1. The average molecular weight is 577 g/mol. The van der Waals surface area contributed by atoms with Crippen molar-refractivity contribution in [2.75, 3.05) is 18.6 Å². The van der Waals surface area contributed by atoms with Gasteiger partial charge in [0.05, 0.1) is 10.1 Å². The lowest BCUT2D eigenvalue weighted by Crippen LogP contribution is -2.60. The standard InChI is InChI=1S/C13H13Cl3I2O3/c1-4-5-11(19)9(14)10(15)13(20-2,21-3)12(11,16)6-8(18)7-17/h1,6,19H,5,7H2,2-3H3/b8-6-/t11-,12-/m0/s1. The molecule has 1 aliphatic carbocycles. The van der Waals surface area contributed by atoms with Crippen molar-refractivity contribution in [1.82, 2.24) is 0 Å². The fourth-order valence-corrected chi connectivity index (χ4v) is 4.61. The Morgan fingerprint density at radius 3 is 2.29 bits per heavy atom. The van der Waals surface area contributed by atoms with Crippen LogP contribution in [0.15, 0.2) is 19.7 Å². The van der Waals surface area contributed by atoms with Gasteiger partial charge in [-0.05, 0) is 32.2 Å². The second kappa shape index (κ2) is 7.43. The van der Waals surface area contributed by atoms with E-state index in [1.165, 1.54) is 14.2 Å². The number of methoxy groups -OCH3 is 2. The van der Waals surface area contributed by atoms with E-state index in [0.717, 1.165) is 3.58 Å².